The lowest BCUT2D eigenvalue weighted by Gasteiger charge is -2.10. The molecule has 0 aliphatic heterocycles. The Kier molecular flexibility index (Phi) is 6.64. The fraction of sp³-hybridized carbons (Fsp3) is 0. The molecule has 3 heterocycles. The molecule has 0 unspecified atom stereocenters. The number of fused-ring (bicyclic) bond motifs is 6. The van der Waals surface area contributed by atoms with Crippen molar-refractivity contribution in [3.05, 3.63) is 170 Å². The Morgan fingerprint density at radius 3 is 1.58 bits per heavy atom. The Hall–Kier alpha value is -6.43. The van der Waals surface area contributed by atoms with Gasteiger partial charge in [-0.05, 0) is 65.7 Å². The molecule has 0 saturated carbocycles. The van der Waals surface area contributed by atoms with Gasteiger partial charge in [-0.1, -0.05) is 115 Å². The molecule has 4 nitrogen and oxygen atoms in total. The van der Waals surface area contributed by atoms with E-state index in [2.05, 4.69) is 114 Å². The second-order valence-corrected chi connectivity index (χ2v) is 13.6. The van der Waals surface area contributed by atoms with E-state index in [0.717, 1.165) is 38.8 Å². The highest BCUT2D eigenvalue weighted by Crippen LogP contribution is 2.38. The van der Waals surface area contributed by atoms with Crippen LogP contribution in [-0.2, 0) is 0 Å². The zero-order chi connectivity index (χ0) is 33.0. The quantitative estimate of drug-likeness (QED) is 0.185. The van der Waals surface area contributed by atoms with Gasteiger partial charge in [-0.2, -0.15) is 0 Å². The zero-order valence-corrected chi connectivity index (χ0v) is 27.7. The summed E-state index contributed by atoms with van der Waals surface area (Å²) in [4.78, 5) is 14.9. The molecule has 0 saturated heterocycles. The molecule has 0 spiro atoms. The molecule has 0 fully saturated rings. The van der Waals surface area contributed by atoms with E-state index in [0.29, 0.717) is 17.5 Å². The molecule has 0 radical (unpaired) electrons. The minimum absolute atomic E-state index is 0.649. The molecule has 5 heteroatoms. The molecule has 7 aromatic carbocycles. The average molecular weight is 657 g/mol. The third-order valence-corrected chi connectivity index (χ3v) is 10.6. The third kappa shape index (κ3) is 4.79. The van der Waals surface area contributed by atoms with Crippen LogP contribution in [0.25, 0.3) is 93.0 Å². The van der Waals surface area contributed by atoms with Gasteiger partial charge in [0.15, 0.2) is 17.5 Å². The first-order valence-corrected chi connectivity index (χ1v) is 17.5. The van der Waals surface area contributed by atoms with Crippen molar-refractivity contribution in [2.24, 2.45) is 0 Å². The van der Waals surface area contributed by atoms with Crippen LogP contribution in [0.2, 0.25) is 0 Å². The lowest BCUT2D eigenvalue weighted by atomic mass is 10.0. The summed E-state index contributed by atoms with van der Waals surface area (Å²) in [7, 11) is 0. The molecule has 50 heavy (non-hydrogen) atoms. The van der Waals surface area contributed by atoms with Crippen LogP contribution in [0.5, 0.6) is 0 Å². The van der Waals surface area contributed by atoms with Crippen molar-refractivity contribution in [1.29, 1.82) is 0 Å². The van der Waals surface area contributed by atoms with Crippen LogP contribution in [0.15, 0.2) is 170 Å². The topological polar surface area (TPSA) is 43.6 Å². The Labute approximate surface area is 292 Å². The van der Waals surface area contributed by atoms with E-state index in [4.69, 9.17) is 15.0 Å². The predicted molar refractivity (Wildman–Crippen MR) is 209 cm³/mol. The SMILES string of the molecule is c1ccc(-c2nc(-c3ccccc3)nc(-c3ccc4c(c3)c3ccccc3n4-c3ccc(-c4ccc5sc6ccccc6c5c4)cc3)n2)cc1. The highest BCUT2D eigenvalue weighted by Gasteiger charge is 2.17. The summed E-state index contributed by atoms with van der Waals surface area (Å²) in [6.07, 6.45) is 0. The normalized spacial score (nSPS) is 11.6. The highest BCUT2D eigenvalue weighted by molar-refractivity contribution is 7.25. The number of hydrogen-bond donors (Lipinski definition) is 0. The number of benzene rings is 7. The van der Waals surface area contributed by atoms with Gasteiger partial charge in [0.25, 0.3) is 0 Å². The van der Waals surface area contributed by atoms with Crippen molar-refractivity contribution in [3.8, 4) is 51.0 Å². The maximum atomic E-state index is 4.99. The van der Waals surface area contributed by atoms with E-state index in [1.54, 1.807) is 0 Å². The largest absolute Gasteiger partial charge is 0.309 e. The first kappa shape index (κ1) is 28.6. The number of nitrogens with zero attached hydrogens (tertiary/aromatic N) is 4. The van der Waals surface area contributed by atoms with Crippen LogP contribution >= 0.6 is 11.3 Å². The number of aromatic nitrogens is 4. The van der Waals surface area contributed by atoms with Crippen LogP contribution < -0.4 is 0 Å². The second kappa shape index (κ2) is 11.6. The Morgan fingerprint density at radius 2 is 0.860 bits per heavy atom. The van der Waals surface area contributed by atoms with Crippen molar-refractivity contribution in [2.45, 2.75) is 0 Å². The van der Waals surface area contributed by atoms with E-state index in [1.165, 1.54) is 36.7 Å². The summed E-state index contributed by atoms with van der Waals surface area (Å²) >= 11 is 1.85. The number of hydrogen-bond acceptors (Lipinski definition) is 4. The molecule has 0 aliphatic carbocycles. The van der Waals surface area contributed by atoms with Crippen LogP contribution in [-0.4, -0.2) is 19.5 Å². The fourth-order valence-electron chi connectivity index (χ4n) is 7.04. The standard InChI is InChI=1S/C45H28N4S/c1-3-11-30(12-4-1)43-46-44(31-13-5-2-6-14-31)48-45(47-43)33-21-25-40-37(28-33)35-15-7-9-17-39(35)49(40)34-23-19-29(20-24-34)32-22-26-42-38(27-32)36-16-8-10-18-41(36)50-42/h1-28H. The minimum atomic E-state index is 0.649. The van der Waals surface area contributed by atoms with Gasteiger partial charge < -0.3 is 4.57 Å². The fourth-order valence-corrected chi connectivity index (χ4v) is 8.12. The van der Waals surface area contributed by atoms with Crippen LogP contribution in [0, 0.1) is 0 Å². The number of rotatable bonds is 5. The summed E-state index contributed by atoms with van der Waals surface area (Å²) < 4.78 is 5.00. The number of thiophene rings is 1. The summed E-state index contributed by atoms with van der Waals surface area (Å²) in [5, 5.41) is 4.97. The lowest BCUT2D eigenvalue weighted by molar-refractivity contribution is 1.07. The molecule has 0 aliphatic rings. The van der Waals surface area contributed by atoms with Gasteiger partial charge >= 0.3 is 0 Å². The van der Waals surface area contributed by atoms with Crippen molar-refractivity contribution in [1.82, 2.24) is 19.5 Å². The van der Waals surface area contributed by atoms with E-state index < -0.39 is 0 Å². The first-order valence-electron chi connectivity index (χ1n) is 16.7. The molecule has 0 atom stereocenters. The van der Waals surface area contributed by atoms with Gasteiger partial charge in [-0.25, -0.2) is 15.0 Å². The van der Waals surface area contributed by atoms with Crippen molar-refractivity contribution >= 4 is 53.3 Å². The molecule has 0 bridgehead atoms. The van der Waals surface area contributed by atoms with E-state index in [9.17, 15) is 0 Å². The van der Waals surface area contributed by atoms with Crippen LogP contribution in [0.1, 0.15) is 0 Å². The van der Waals surface area contributed by atoms with Gasteiger partial charge in [0.2, 0.25) is 0 Å². The van der Waals surface area contributed by atoms with Gasteiger partial charge in [0.05, 0.1) is 11.0 Å². The average Bonchev–Trinajstić information content (AvgIpc) is 3.73. The molecule has 3 aromatic heterocycles. The van der Waals surface area contributed by atoms with Gasteiger partial charge in [0.1, 0.15) is 0 Å². The van der Waals surface area contributed by atoms with Gasteiger partial charge in [-0.15, -0.1) is 11.3 Å². The summed E-state index contributed by atoms with van der Waals surface area (Å²) in [6, 6.07) is 59.8. The van der Waals surface area contributed by atoms with E-state index in [-0.39, 0.29) is 0 Å². The monoisotopic (exact) mass is 656 g/mol. The minimum Gasteiger partial charge on any atom is -0.309 e. The molecule has 234 valence electrons. The summed E-state index contributed by atoms with van der Waals surface area (Å²) in [6.45, 7) is 0. The van der Waals surface area contributed by atoms with Crippen molar-refractivity contribution < 1.29 is 0 Å². The molecule has 10 aromatic rings. The van der Waals surface area contributed by atoms with Crippen molar-refractivity contribution in [3.63, 3.8) is 0 Å². The maximum absolute atomic E-state index is 4.99. The third-order valence-electron chi connectivity index (χ3n) is 9.47. The second-order valence-electron chi connectivity index (χ2n) is 12.5. The summed E-state index contributed by atoms with van der Waals surface area (Å²) in [5.74, 6) is 1.96. The zero-order valence-electron chi connectivity index (χ0n) is 26.9. The first-order chi connectivity index (χ1) is 24.8. The molecular weight excluding hydrogens is 629 g/mol. The molecular formula is C45H28N4S. The highest BCUT2D eigenvalue weighted by atomic mass is 32.1. The van der Waals surface area contributed by atoms with E-state index >= 15 is 0 Å². The predicted octanol–water partition coefficient (Wildman–Crippen LogP) is 12.0. The Balaban J connectivity index is 1.08. The van der Waals surface area contributed by atoms with Gasteiger partial charge in [-0.3, -0.25) is 0 Å². The Bertz CT molecular complexity index is 2800. The van der Waals surface area contributed by atoms with Gasteiger partial charge in [0, 0.05) is 53.3 Å². The van der Waals surface area contributed by atoms with Crippen LogP contribution in [0.3, 0.4) is 0 Å². The lowest BCUT2D eigenvalue weighted by Crippen LogP contribution is -2.00. The molecule has 10 rings (SSSR count). The van der Waals surface area contributed by atoms with Crippen molar-refractivity contribution in [2.75, 3.05) is 0 Å². The molecule has 0 N–H and O–H groups in total. The smallest absolute Gasteiger partial charge is 0.164 e. The maximum Gasteiger partial charge on any atom is 0.164 e. The molecule has 0 amide bonds. The number of para-hydroxylation sites is 1. The summed E-state index contributed by atoms with van der Waals surface area (Å²) in [5.41, 5.74) is 8.69. The van der Waals surface area contributed by atoms with Crippen LogP contribution in [0.4, 0.5) is 0 Å². The Morgan fingerprint density at radius 1 is 0.340 bits per heavy atom. The van der Waals surface area contributed by atoms with E-state index in [1.807, 2.05) is 72.0 Å².